The third kappa shape index (κ3) is 6.14. The van der Waals surface area contributed by atoms with Crippen molar-refractivity contribution in [3.8, 4) is 10.6 Å². The lowest BCUT2D eigenvalue weighted by Crippen LogP contribution is -2.43. The van der Waals surface area contributed by atoms with E-state index >= 15 is 0 Å². The summed E-state index contributed by atoms with van der Waals surface area (Å²) in [5.74, 6) is -0.299. The molecular weight excluding hydrogens is 462 g/mol. The number of carbonyl (C=O) groups is 1. The molecule has 1 amide bonds. The first-order valence-corrected chi connectivity index (χ1v) is 11.8. The van der Waals surface area contributed by atoms with Crippen molar-refractivity contribution in [1.29, 1.82) is 0 Å². The van der Waals surface area contributed by atoms with Crippen LogP contribution in [0.2, 0.25) is 5.02 Å². The Morgan fingerprint density at radius 3 is 2.76 bits per heavy atom. The number of carbonyl (C=O) groups excluding carboxylic acids is 1. The Balaban J connectivity index is 1.38. The van der Waals surface area contributed by atoms with Crippen LogP contribution in [0.1, 0.15) is 11.3 Å². The summed E-state index contributed by atoms with van der Waals surface area (Å²) in [7, 11) is 2.15. The molecule has 3 aromatic rings. The SMILES string of the molecule is CN1CCN(Cc2cccc(-c3nc(CC(=O)Nc4ccc(Cl)c([N+](=O)[O-])c4)cs3)c2)CC1. The quantitative estimate of drug-likeness (QED) is 0.396. The molecule has 0 saturated carbocycles. The summed E-state index contributed by atoms with van der Waals surface area (Å²) < 4.78 is 0. The van der Waals surface area contributed by atoms with Gasteiger partial charge >= 0.3 is 0 Å². The Hall–Kier alpha value is -2.85. The van der Waals surface area contributed by atoms with Gasteiger partial charge in [0, 0.05) is 55.4 Å². The van der Waals surface area contributed by atoms with Crippen LogP contribution in [0.3, 0.4) is 0 Å². The maximum Gasteiger partial charge on any atom is 0.289 e. The average Bonchev–Trinajstić information content (AvgIpc) is 3.25. The highest BCUT2D eigenvalue weighted by molar-refractivity contribution is 7.13. The molecule has 4 rings (SSSR count). The lowest BCUT2D eigenvalue weighted by atomic mass is 10.1. The Morgan fingerprint density at radius 1 is 1.21 bits per heavy atom. The number of piperazine rings is 1. The predicted molar refractivity (Wildman–Crippen MR) is 131 cm³/mol. The minimum absolute atomic E-state index is 0.0250. The van der Waals surface area contributed by atoms with Gasteiger partial charge in [-0.1, -0.05) is 29.8 Å². The highest BCUT2D eigenvalue weighted by Crippen LogP contribution is 2.28. The fourth-order valence-electron chi connectivity index (χ4n) is 3.69. The van der Waals surface area contributed by atoms with Crippen molar-refractivity contribution in [2.24, 2.45) is 0 Å². The lowest BCUT2D eigenvalue weighted by molar-refractivity contribution is -0.384. The highest BCUT2D eigenvalue weighted by atomic mass is 35.5. The summed E-state index contributed by atoms with van der Waals surface area (Å²) in [4.78, 5) is 32.3. The van der Waals surface area contributed by atoms with Crippen molar-refractivity contribution >= 4 is 40.2 Å². The van der Waals surface area contributed by atoms with Crippen LogP contribution in [-0.4, -0.2) is 58.8 Å². The van der Waals surface area contributed by atoms with E-state index < -0.39 is 4.92 Å². The van der Waals surface area contributed by atoms with Gasteiger partial charge in [0.15, 0.2) is 0 Å². The van der Waals surface area contributed by atoms with Gasteiger partial charge < -0.3 is 10.2 Å². The largest absolute Gasteiger partial charge is 0.325 e. The zero-order chi connectivity index (χ0) is 23.4. The number of rotatable bonds is 7. The molecule has 1 aromatic heterocycles. The second-order valence-corrected chi connectivity index (χ2v) is 9.34. The number of halogens is 1. The molecule has 8 nitrogen and oxygen atoms in total. The zero-order valence-electron chi connectivity index (χ0n) is 18.2. The molecule has 0 bridgehead atoms. The second kappa shape index (κ2) is 10.4. The van der Waals surface area contributed by atoms with E-state index in [4.69, 9.17) is 11.6 Å². The standard InChI is InChI=1S/C23H24ClN5O3S/c1-27-7-9-28(10-8-27)14-16-3-2-4-17(11-16)23-26-19(15-33-23)13-22(30)25-18-5-6-20(24)21(12-18)29(31)32/h2-6,11-12,15H,7-10,13-14H2,1H3,(H,25,30). The molecule has 33 heavy (non-hydrogen) atoms. The van der Waals surface area contributed by atoms with E-state index in [1.807, 2.05) is 17.5 Å². The maximum atomic E-state index is 12.4. The molecule has 1 aliphatic rings. The normalized spacial score (nSPS) is 14.8. The molecular formula is C23H24ClN5O3S. The number of hydrogen-bond donors (Lipinski definition) is 1. The molecule has 1 fully saturated rings. The molecule has 2 aromatic carbocycles. The summed E-state index contributed by atoms with van der Waals surface area (Å²) in [5, 5.41) is 16.5. The van der Waals surface area contributed by atoms with Crippen molar-refractivity contribution in [2.45, 2.75) is 13.0 Å². The molecule has 1 aliphatic heterocycles. The van der Waals surface area contributed by atoms with Crippen LogP contribution in [0, 0.1) is 10.1 Å². The summed E-state index contributed by atoms with van der Waals surface area (Å²) in [6.45, 7) is 5.21. The second-order valence-electron chi connectivity index (χ2n) is 8.07. The van der Waals surface area contributed by atoms with E-state index in [1.165, 1.54) is 35.1 Å². The van der Waals surface area contributed by atoms with Crippen LogP contribution in [0.15, 0.2) is 47.8 Å². The zero-order valence-corrected chi connectivity index (χ0v) is 19.7. The van der Waals surface area contributed by atoms with E-state index in [0.717, 1.165) is 43.3 Å². The minimum atomic E-state index is -0.581. The number of amides is 1. The fourth-order valence-corrected chi connectivity index (χ4v) is 4.69. The average molecular weight is 486 g/mol. The smallest absolute Gasteiger partial charge is 0.289 e. The van der Waals surface area contributed by atoms with Gasteiger partial charge in [0.05, 0.1) is 17.0 Å². The van der Waals surface area contributed by atoms with Crippen LogP contribution in [0.5, 0.6) is 0 Å². The molecule has 0 spiro atoms. The van der Waals surface area contributed by atoms with Gasteiger partial charge in [0.1, 0.15) is 10.0 Å². The molecule has 2 heterocycles. The van der Waals surface area contributed by atoms with Gasteiger partial charge in [0.2, 0.25) is 5.91 Å². The summed E-state index contributed by atoms with van der Waals surface area (Å²) in [5.41, 5.74) is 3.01. The number of nitro groups is 1. The first-order chi connectivity index (χ1) is 15.9. The molecule has 10 heteroatoms. The first kappa shape index (κ1) is 23.3. The van der Waals surface area contributed by atoms with Gasteiger partial charge in [-0.2, -0.15) is 0 Å². The van der Waals surface area contributed by atoms with Crippen LogP contribution >= 0.6 is 22.9 Å². The van der Waals surface area contributed by atoms with Crippen molar-refractivity contribution in [1.82, 2.24) is 14.8 Å². The van der Waals surface area contributed by atoms with Gasteiger partial charge in [0.25, 0.3) is 5.69 Å². The molecule has 0 radical (unpaired) electrons. The number of thiazole rings is 1. The summed E-state index contributed by atoms with van der Waals surface area (Å²) in [6.07, 6.45) is 0.0773. The number of nitrogens with zero attached hydrogens (tertiary/aromatic N) is 4. The molecule has 1 N–H and O–H groups in total. The Morgan fingerprint density at radius 2 is 2.00 bits per heavy atom. The summed E-state index contributed by atoms with van der Waals surface area (Å²) >= 11 is 7.32. The predicted octanol–water partition coefficient (Wildman–Crippen LogP) is 4.30. The monoisotopic (exact) mass is 485 g/mol. The topological polar surface area (TPSA) is 91.6 Å². The van der Waals surface area contributed by atoms with Gasteiger partial charge in [-0.25, -0.2) is 4.98 Å². The fraction of sp³-hybridized carbons (Fsp3) is 0.304. The van der Waals surface area contributed by atoms with Crippen LogP contribution in [-0.2, 0) is 17.8 Å². The molecule has 1 saturated heterocycles. The number of likely N-dealkylation sites (N-methyl/N-ethyl adjacent to an activating group) is 1. The van der Waals surface area contributed by atoms with E-state index in [-0.39, 0.29) is 23.0 Å². The number of anilines is 1. The van der Waals surface area contributed by atoms with E-state index in [1.54, 1.807) is 0 Å². The Labute approximate surface area is 201 Å². The minimum Gasteiger partial charge on any atom is -0.325 e. The van der Waals surface area contributed by atoms with Gasteiger partial charge in [-0.05, 0) is 30.8 Å². The van der Waals surface area contributed by atoms with Crippen molar-refractivity contribution < 1.29 is 9.72 Å². The summed E-state index contributed by atoms with van der Waals surface area (Å²) in [6, 6.07) is 12.5. The number of nitro benzene ring substituents is 1. The van der Waals surface area contributed by atoms with E-state index in [0.29, 0.717) is 11.4 Å². The van der Waals surface area contributed by atoms with Gasteiger partial charge in [-0.3, -0.25) is 19.8 Å². The number of benzene rings is 2. The molecule has 0 atom stereocenters. The van der Waals surface area contributed by atoms with Crippen molar-refractivity contribution in [3.63, 3.8) is 0 Å². The van der Waals surface area contributed by atoms with E-state index in [9.17, 15) is 14.9 Å². The van der Waals surface area contributed by atoms with Crippen molar-refractivity contribution in [2.75, 3.05) is 38.5 Å². The van der Waals surface area contributed by atoms with Crippen LogP contribution in [0.4, 0.5) is 11.4 Å². The van der Waals surface area contributed by atoms with Crippen LogP contribution < -0.4 is 5.32 Å². The van der Waals surface area contributed by atoms with Crippen LogP contribution in [0.25, 0.3) is 10.6 Å². The lowest BCUT2D eigenvalue weighted by Gasteiger charge is -2.32. The number of hydrogen-bond acceptors (Lipinski definition) is 7. The molecule has 172 valence electrons. The molecule has 0 aliphatic carbocycles. The third-order valence-electron chi connectivity index (χ3n) is 5.50. The Bertz CT molecular complexity index is 1160. The number of nitrogens with one attached hydrogen (secondary N) is 1. The van der Waals surface area contributed by atoms with Crippen molar-refractivity contribution in [3.05, 3.63) is 74.2 Å². The van der Waals surface area contributed by atoms with Gasteiger partial charge in [-0.15, -0.1) is 11.3 Å². The highest BCUT2D eigenvalue weighted by Gasteiger charge is 2.16. The van der Waals surface area contributed by atoms with E-state index in [2.05, 4.69) is 39.3 Å². The molecule has 0 unspecified atom stereocenters. The number of aromatic nitrogens is 1. The first-order valence-electron chi connectivity index (χ1n) is 10.6. The maximum absolute atomic E-state index is 12.4. The third-order valence-corrected chi connectivity index (χ3v) is 6.76. The Kier molecular flexibility index (Phi) is 7.34.